The van der Waals surface area contributed by atoms with E-state index in [1.54, 1.807) is 25.2 Å². The molecule has 1 aromatic carbocycles. The van der Waals surface area contributed by atoms with Crippen LogP contribution in [0.25, 0.3) is 0 Å². The number of halogens is 3. The van der Waals surface area contributed by atoms with Crippen molar-refractivity contribution < 1.29 is 22.7 Å². The maximum Gasteiger partial charge on any atom is 0.411 e. The highest BCUT2D eigenvalue weighted by Gasteiger charge is 2.27. The predicted molar refractivity (Wildman–Crippen MR) is 69.4 cm³/mol. The summed E-state index contributed by atoms with van der Waals surface area (Å²) in [5.74, 6) is -0.622. The van der Waals surface area contributed by atoms with Crippen LogP contribution in [0.5, 0.6) is 0 Å². The number of rotatable bonds is 6. The Hall–Kier alpha value is -1.60. The molecule has 112 valence electrons. The zero-order chi connectivity index (χ0) is 15.2. The van der Waals surface area contributed by atoms with E-state index in [1.807, 2.05) is 13.0 Å². The molecule has 1 rings (SSSR count). The summed E-state index contributed by atoms with van der Waals surface area (Å²) in [5.41, 5.74) is 1.48. The van der Waals surface area contributed by atoms with Crippen LogP contribution >= 0.6 is 0 Å². The fraction of sp³-hybridized carbons (Fsp3) is 0.462. The molecule has 0 saturated carbocycles. The molecular weight excluding hydrogens is 273 g/mol. The third-order valence-corrected chi connectivity index (χ3v) is 2.60. The molecule has 0 aromatic heterocycles. The number of carbonyl (C=O) groups is 1. The summed E-state index contributed by atoms with van der Waals surface area (Å²) in [6.07, 6.45) is -4.43. The molecule has 0 aliphatic carbocycles. The van der Waals surface area contributed by atoms with Crippen LogP contribution in [0.3, 0.4) is 0 Å². The first-order valence-corrected chi connectivity index (χ1v) is 6.03. The number of nitrogens with one attached hydrogen (secondary N) is 2. The Labute approximate surface area is 115 Å². The zero-order valence-corrected chi connectivity index (χ0v) is 11.3. The van der Waals surface area contributed by atoms with Crippen molar-refractivity contribution in [3.05, 3.63) is 29.8 Å². The lowest BCUT2D eigenvalue weighted by atomic mass is 10.1. The van der Waals surface area contributed by atoms with Gasteiger partial charge in [0.05, 0.1) is 0 Å². The van der Waals surface area contributed by atoms with Crippen LogP contribution in [0.15, 0.2) is 24.3 Å². The molecule has 0 spiro atoms. The Morgan fingerprint density at radius 2 is 2.10 bits per heavy atom. The van der Waals surface area contributed by atoms with Gasteiger partial charge in [0, 0.05) is 11.7 Å². The van der Waals surface area contributed by atoms with Crippen molar-refractivity contribution in [3.8, 4) is 0 Å². The van der Waals surface area contributed by atoms with Gasteiger partial charge in [-0.1, -0.05) is 12.1 Å². The summed E-state index contributed by atoms with van der Waals surface area (Å²) in [4.78, 5) is 11.4. The number of benzene rings is 1. The van der Waals surface area contributed by atoms with E-state index in [1.165, 1.54) is 0 Å². The molecule has 1 unspecified atom stereocenters. The van der Waals surface area contributed by atoms with E-state index < -0.39 is 25.3 Å². The van der Waals surface area contributed by atoms with Crippen LogP contribution in [0.1, 0.15) is 18.5 Å². The van der Waals surface area contributed by atoms with Crippen molar-refractivity contribution in [1.29, 1.82) is 0 Å². The highest BCUT2D eigenvalue weighted by Crippen LogP contribution is 2.17. The van der Waals surface area contributed by atoms with E-state index in [-0.39, 0.29) is 6.04 Å². The van der Waals surface area contributed by atoms with Gasteiger partial charge in [-0.25, -0.2) is 0 Å². The Morgan fingerprint density at radius 3 is 2.70 bits per heavy atom. The Kier molecular flexibility index (Phi) is 5.97. The monoisotopic (exact) mass is 290 g/mol. The van der Waals surface area contributed by atoms with Gasteiger partial charge in [-0.3, -0.25) is 4.79 Å². The van der Waals surface area contributed by atoms with Crippen LogP contribution in [0, 0.1) is 0 Å². The minimum absolute atomic E-state index is 0.105. The third-order valence-electron chi connectivity index (χ3n) is 2.60. The van der Waals surface area contributed by atoms with Gasteiger partial charge < -0.3 is 15.4 Å². The minimum atomic E-state index is -4.43. The topological polar surface area (TPSA) is 50.4 Å². The Morgan fingerprint density at radius 1 is 1.40 bits per heavy atom. The average Bonchev–Trinajstić information content (AvgIpc) is 2.36. The largest absolute Gasteiger partial charge is 0.411 e. The Bertz CT molecular complexity index is 449. The van der Waals surface area contributed by atoms with Crippen LogP contribution in [-0.4, -0.2) is 32.3 Å². The van der Waals surface area contributed by atoms with Crippen LogP contribution < -0.4 is 10.6 Å². The second-order valence-corrected chi connectivity index (χ2v) is 4.29. The lowest BCUT2D eigenvalue weighted by Gasteiger charge is -2.13. The fourth-order valence-corrected chi connectivity index (χ4v) is 1.51. The second kappa shape index (κ2) is 7.25. The van der Waals surface area contributed by atoms with E-state index in [9.17, 15) is 18.0 Å². The summed E-state index contributed by atoms with van der Waals surface area (Å²) in [7, 11) is 1.81. The Balaban J connectivity index is 2.50. The van der Waals surface area contributed by atoms with E-state index in [0.717, 1.165) is 5.56 Å². The summed E-state index contributed by atoms with van der Waals surface area (Å²) in [5, 5.41) is 5.54. The maximum absolute atomic E-state index is 11.9. The molecule has 0 radical (unpaired) electrons. The molecular formula is C13H17F3N2O2. The first-order valence-electron chi connectivity index (χ1n) is 6.03. The number of anilines is 1. The van der Waals surface area contributed by atoms with Gasteiger partial charge in [-0.2, -0.15) is 13.2 Å². The van der Waals surface area contributed by atoms with Crippen molar-refractivity contribution in [2.75, 3.05) is 25.6 Å². The number of ether oxygens (including phenoxy) is 1. The fourth-order valence-electron chi connectivity index (χ4n) is 1.51. The van der Waals surface area contributed by atoms with Gasteiger partial charge in [0.25, 0.3) is 0 Å². The number of carbonyl (C=O) groups excluding carboxylic acids is 1. The molecule has 2 N–H and O–H groups in total. The van der Waals surface area contributed by atoms with E-state index >= 15 is 0 Å². The smallest absolute Gasteiger partial charge is 0.362 e. The molecule has 1 amide bonds. The molecule has 0 aliphatic heterocycles. The molecule has 0 bridgehead atoms. The number of alkyl halides is 3. The van der Waals surface area contributed by atoms with Crippen LogP contribution in [-0.2, 0) is 9.53 Å². The molecule has 0 aliphatic rings. The minimum Gasteiger partial charge on any atom is -0.362 e. The summed E-state index contributed by atoms with van der Waals surface area (Å²) >= 11 is 0. The molecule has 1 atom stereocenters. The van der Waals surface area contributed by atoms with Gasteiger partial charge >= 0.3 is 6.18 Å². The third kappa shape index (κ3) is 6.03. The van der Waals surface area contributed by atoms with Crippen molar-refractivity contribution in [1.82, 2.24) is 5.32 Å². The molecule has 0 fully saturated rings. The number of hydrogen-bond acceptors (Lipinski definition) is 3. The van der Waals surface area contributed by atoms with Gasteiger partial charge in [0.2, 0.25) is 5.91 Å². The van der Waals surface area contributed by atoms with Crippen molar-refractivity contribution >= 4 is 11.6 Å². The van der Waals surface area contributed by atoms with Crippen molar-refractivity contribution in [2.45, 2.75) is 19.1 Å². The highest BCUT2D eigenvalue weighted by atomic mass is 19.4. The highest BCUT2D eigenvalue weighted by molar-refractivity contribution is 5.91. The first kappa shape index (κ1) is 16.5. The standard InChI is InChI=1S/C13H17F3N2O2/c1-9(17-2)10-4-3-5-11(6-10)18-12(19)7-20-8-13(14,15)16/h3-6,9,17H,7-8H2,1-2H3,(H,18,19). The molecule has 4 nitrogen and oxygen atoms in total. The SMILES string of the molecule is CNC(C)c1cccc(NC(=O)COCC(F)(F)F)c1. The van der Waals surface area contributed by atoms with Crippen LogP contribution in [0.2, 0.25) is 0 Å². The van der Waals surface area contributed by atoms with E-state index in [0.29, 0.717) is 5.69 Å². The van der Waals surface area contributed by atoms with Crippen molar-refractivity contribution in [3.63, 3.8) is 0 Å². The van der Waals surface area contributed by atoms with Gasteiger partial charge in [-0.05, 0) is 31.7 Å². The molecule has 0 heterocycles. The maximum atomic E-state index is 11.9. The summed E-state index contributed by atoms with van der Waals surface area (Å²) in [6.45, 7) is -0.115. The summed E-state index contributed by atoms with van der Waals surface area (Å²) < 4.78 is 39.8. The van der Waals surface area contributed by atoms with Gasteiger partial charge in [-0.15, -0.1) is 0 Å². The van der Waals surface area contributed by atoms with Crippen molar-refractivity contribution in [2.24, 2.45) is 0 Å². The quantitative estimate of drug-likeness (QED) is 0.846. The molecule has 0 saturated heterocycles. The second-order valence-electron chi connectivity index (χ2n) is 4.29. The number of amides is 1. The van der Waals surface area contributed by atoms with Gasteiger partial charge in [0.1, 0.15) is 13.2 Å². The lowest BCUT2D eigenvalue weighted by Crippen LogP contribution is -2.24. The lowest BCUT2D eigenvalue weighted by molar-refractivity contribution is -0.174. The van der Waals surface area contributed by atoms with E-state index in [4.69, 9.17) is 0 Å². The van der Waals surface area contributed by atoms with Crippen LogP contribution in [0.4, 0.5) is 18.9 Å². The average molecular weight is 290 g/mol. The normalized spacial score (nSPS) is 13.1. The summed E-state index contributed by atoms with van der Waals surface area (Å²) in [6, 6.07) is 7.16. The van der Waals surface area contributed by atoms with Gasteiger partial charge in [0.15, 0.2) is 0 Å². The molecule has 20 heavy (non-hydrogen) atoms. The molecule has 1 aromatic rings. The zero-order valence-electron chi connectivity index (χ0n) is 11.3. The van der Waals surface area contributed by atoms with E-state index in [2.05, 4.69) is 15.4 Å². The molecule has 7 heteroatoms. The first-order chi connectivity index (χ1) is 9.31. The predicted octanol–water partition coefficient (Wildman–Crippen LogP) is 2.48. The number of hydrogen-bond donors (Lipinski definition) is 2.